The van der Waals surface area contributed by atoms with Crippen molar-refractivity contribution in [1.82, 2.24) is 5.32 Å². The van der Waals surface area contributed by atoms with E-state index < -0.39 is 0 Å². The van der Waals surface area contributed by atoms with Gasteiger partial charge in [0.1, 0.15) is 0 Å². The first-order valence-corrected chi connectivity index (χ1v) is 8.06. The van der Waals surface area contributed by atoms with Crippen molar-refractivity contribution in [3.8, 4) is 0 Å². The maximum Gasteiger partial charge on any atom is 0.251 e. The molecular formula is C18H28N2O. The molecule has 2 atom stereocenters. The van der Waals surface area contributed by atoms with E-state index in [9.17, 15) is 4.79 Å². The van der Waals surface area contributed by atoms with Crippen molar-refractivity contribution in [1.29, 1.82) is 0 Å². The second kappa shape index (κ2) is 6.50. The predicted octanol–water partition coefficient (Wildman–Crippen LogP) is 4.06. The van der Waals surface area contributed by atoms with Crippen LogP contribution in [0.3, 0.4) is 0 Å². The summed E-state index contributed by atoms with van der Waals surface area (Å²) in [6, 6.07) is 8.33. The zero-order chi connectivity index (χ0) is 15.5. The standard InChI is InChI=1S/C18H28N2O/c1-5-9-19-17(21)14-7-6-8-15(10-14)20-16-12-18(3,4)11-13(16)2/h6-8,10,13,16,20H,5,9,11-12H2,1-4H3,(H,19,21). The van der Waals surface area contributed by atoms with Gasteiger partial charge in [-0.15, -0.1) is 0 Å². The van der Waals surface area contributed by atoms with Crippen LogP contribution < -0.4 is 10.6 Å². The van der Waals surface area contributed by atoms with Gasteiger partial charge in [-0.3, -0.25) is 4.79 Å². The Morgan fingerprint density at radius 3 is 2.71 bits per heavy atom. The van der Waals surface area contributed by atoms with Crippen molar-refractivity contribution < 1.29 is 4.79 Å². The van der Waals surface area contributed by atoms with Crippen LogP contribution in [0, 0.1) is 11.3 Å². The lowest BCUT2D eigenvalue weighted by molar-refractivity contribution is 0.0953. The summed E-state index contributed by atoms with van der Waals surface area (Å²) in [5.74, 6) is 0.679. The number of rotatable bonds is 5. The fourth-order valence-corrected chi connectivity index (χ4v) is 3.39. The second-order valence-corrected chi connectivity index (χ2v) is 7.14. The van der Waals surface area contributed by atoms with E-state index in [-0.39, 0.29) is 5.91 Å². The summed E-state index contributed by atoms with van der Waals surface area (Å²) in [5.41, 5.74) is 2.19. The summed E-state index contributed by atoms with van der Waals surface area (Å²) in [4.78, 5) is 12.0. The van der Waals surface area contributed by atoms with Gasteiger partial charge in [-0.2, -0.15) is 0 Å². The third-order valence-electron chi connectivity index (χ3n) is 4.35. The number of carbonyl (C=O) groups is 1. The summed E-state index contributed by atoms with van der Waals surface area (Å²) >= 11 is 0. The van der Waals surface area contributed by atoms with Crippen LogP contribution in [-0.4, -0.2) is 18.5 Å². The van der Waals surface area contributed by atoms with Crippen LogP contribution in [0.15, 0.2) is 24.3 Å². The number of carbonyl (C=O) groups excluding carboxylic acids is 1. The molecule has 1 fully saturated rings. The minimum absolute atomic E-state index is 0.0142. The van der Waals surface area contributed by atoms with Crippen LogP contribution in [0.5, 0.6) is 0 Å². The molecule has 0 bridgehead atoms. The van der Waals surface area contributed by atoms with Crippen LogP contribution in [-0.2, 0) is 0 Å². The SMILES string of the molecule is CCCNC(=O)c1cccc(NC2CC(C)(C)CC2C)c1. The van der Waals surface area contributed by atoms with Gasteiger partial charge in [0.05, 0.1) is 0 Å². The van der Waals surface area contributed by atoms with Crippen molar-refractivity contribution >= 4 is 11.6 Å². The third kappa shape index (κ3) is 4.23. The highest BCUT2D eigenvalue weighted by atomic mass is 16.1. The number of amides is 1. The molecule has 2 N–H and O–H groups in total. The summed E-state index contributed by atoms with van der Waals surface area (Å²) in [7, 11) is 0. The molecule has 3 nitrogen and oxygen atoms in total. The van der Waals surface area contributed by atoms with Crippen molar-refractivity contribution in [3.63, 3.8) is 0 Å². The lowest BCUT2D eigenvalue weighted by Crippen LogP contribution is -2.25. The van der Waals surface area contributed by atoms with E-state index in [1.807, 2.05) is 18.2 Å². The first kappa shape index (κ1) is 15.9. The largest absolute Gasteiger partial charge is 0.382 e. The van der Waals surface area contributed by atoms with Crippen LogP contribution in [0.25, 0.3) is 0 Å². The normalized spacial score (nSPS) is 23.8. The Morgan fingerprint density at radius 2 is 2.10 bits per heavy atom. The van der Waals surface area contributed by atoms with Gasteiger partial charge in [0.15, 0.2) is 0 Å². The average molecular weight is 288 g/mol. The number of hydrogen-bond acceptors (Lipinski definition) is 2. The fourth-order valence-electron chi connectivity index (χ4n) is 3.39. The van der Waals surface area contributed by atoms with E-state index in [0.29, 0.717) is 17.4 Å². The van der Waals surface area contributed by atoms with E-state index in [1.165, 1.54) is 12.8 Å². The Bertz CT molecular complexity index is 496. The second-order valence-electron chi connectivity index (χ2n) is 7.14. The van der Waals surface area contributed by atoms with Crippen LogP contribution in [0.2, 0.25) is 0 Å². The molecule has 1 amide bonds. The zero-order valence-electron chi connectivity index (χ0n) is 13.7. The molecule has 2 unspecified atom stereocenters. The smallest absolute Gasteiger partial charge is 0.251 e. The minimum Gasteiger partial charge on any atom is -0.382 e. The summed E-state index contributed by atoms with van der Waals surface area (Å²) < 4.78 is 0. The lowest BCUT2D eigenvalue weighted by Gasteiger charge is -2.20. The molecular weight excluding hydrogens is 260 g/mol. The van der Waals surface area contributed by atoms with Crippen LogP contribution in [0.4, 0.5) is 5.69 Å². The molecule has 2 rings (SSSR count). The Labute approximate surface area is 128 Å². The number of benzene rings is 1. The maximum atomic E-state index is 12.0. The quantitative estimate of drug-likeness (QED) is 0.857. The molecule has 1 saturated carbocycles. The Kier molecular flexibility index (Phi) is 4.92. The molecule has 0 aliphatic heterocycles. The Balaban J connectivity index is 2.03. The van der Waals surface area contributed by atoms with Crippen LogP contribution in [0.1, 0.15) is 57.3 Å². The molecule has 1 aliphatic rings. The monoisotopic (exact) mass is 288 g/mol. The highest BCUT2D eigenvalue weighted by Crippen LogP contribution is 2.42. The number of nitrogens with one attached hydrogen (secondary N) is 2. The number of anilines is 1. The van der Waals surface area contributed by atoms with Crippen molar-refractivity contribution in [2.75, 3.05) is 11.9 Å². The minimum atomic E-state index is 0.0142. The summed E-state index contributed by atoms with van der Waals surface area (Å²) in [6.07, 6.45) is 3.39. The van der Waals surface area contributed by atoms with E-state index in [1.54, 1.807) is 0 Å². The highest BCUT2D eigenvalue weighted by molar-refractivity contribution is 5.95. The molecule has 1 aliphatic carbocycles. The predicted molar refractivity (Wildman–Crippen MR) is 88.7 cm³/mol. The maximum absolute atomic E-state index is 12.0. The van der Waals surface area contributed by atoms with Gasteiger partial charge in [0.25, 0.3) is 5.91 Å². The molecule has 0 heterocycles. The molecule has 3 heteroatoms. The first-order valence-electron chi connectivity index (χ1n) is 8.06. The zero-order valence-corrected chi connectivity index (χ0v) is 13.7. The van der Waals surface area contributed by atoms with Gasteiger partial charge in [0, 0.05) is 23.8 Å². The Hall–Kier alpha value is -1.51. The molecule has 0 aromatic heterocycles. The van der Waals surface area contributed by atoms with Gasteiger partial charge >= 0.3 is 0 Å². The molecule has 0 spiro atoms. The molecule has 1 aromatic rings. The molecule has 116 valence electrons. The van der Waals surface area contributed by atoms with E-state index in [2.05, 4.69) is 44.4 Å². The Morgan fingerprint density at radius 1 is 1.33 bits per heavy atom. The van der Waals surface area contributed by atoms with E-state index in [0.717, 1.165) is 24.2 Å². The highest BCUT2D eigenvalue weighted by Gasteiger charge is 2.36. The summed E-state index contributed by atoms with van der Waals surface area (Å²) in [5, 5.41) is 6.54. The fraction of sp³-hybridized carbons (Fsp3) is 0.611. The van der Waals surface area contributed by atoms with E-state index in [4.69, 9.17) is 0 Å². The summed E-state index contributed by atoms with van der Waals surface area (Å²) in [6.45, 7) is 9.76. The van der Waals surface area contributed by atoms with Gasteiger partial charge in [-0.25, -0.2) is 0 Å². The number of hydrogen-bond donors (Lipinski definition) is 2. The average Bonchev–Trinajstić information content (AvgIpc) is 2.69. The molecule has 0 saturated heterocycles. The van der Waals surface area contributed by atoms with Gasteiger partial charge in [-0.1, -0.05) is 33.8 Å². The van der Waals surface area contributed by atoms with Crippen molar-refractivity contribution in [2.24, 2.45) is 11.3 Å². The van der Waals surface area contributed by atoms with Crippen molar-refractivity contribution in [2.45, 2.75) is 53.0 Å². The third-order valence-corrected chi connectivity index (χ3v) is 4.35. The molecule has 21 heavy (non-hydrogen) atoms. The van der Waals surface area contributed by atoms with E-state index >= 15 is 0 Å². The van der Waals surface area contributed by atoms with Crippen LogP contribution >= 0.6 is 0 Å². The van der Waals surface area contributed by atoms with Gasteiger partial charge in [0.2, 0.25) is 0 Å². The van der Waals surface area contributed by atoms with Gasteiger partial charge in [-0.05, 0) is 48.8 Å². The molecule has 0 radical (unpaired) electrons. The van der Waals surface area contributed by atoms with Crippen molar-refractivity contribution in [3.05, 3.63) is 29.8 Å². The lowest BCUT2D eigenvalue weighted by atomic mass is 9.91. The first-order chi connectivity index (χ1) is 9.91. The topological polar surface area (TPSA) is 41.1 Å². The van der Waals surface area contributed by atoms with Gasteiger partial charge < -0.3 is 10.6 Å². The molecule has 1 aromatic carbocycles.